The van der Waals surface area contributed by atoms with E-state index in [9.17, 15) is 35.9 Å². The van der Waals surface area contributed by atoms with Gasteiger partial charge in [0, 0.05) is 24.2 Å². The third-order valence-corrected chi connectivity index (χ3v) is 5.67. The third kappa shape index (κ3) is 7.60. The number of hydrogen-bond donors (Lipinski definition) is 2. The van der Waals surface area contributed by atoms with Crippen LogP contribution < -0.4 is 5.32 Å². The molecule has 192 valence electrons. The molecule has 0 aliphatic carbocycles. The van der Waals surface area contributed by atoms with Crippen LogP contribution in [0.3, 0.4) is 0 Å². The fourth-order valence-electron chi connectivity index (χ4n) is 4.06. The number of aliphatic carboxylic acids is 1. The Kier molecular flexibility index (Phi) is 9.18. The lowest BCUT2D eigenvalue weighted by atomic mass is 9.91. The van der Waals surface area contributed by atoms with Crippen LogP contribution in [-0.4, -0.2) is 47.1 Å². The zero-order valence-electron chi connectivity index (χ0n) is 18.2. The van der Waals surface area contributed by atoms with Crippen LogP contribution in [0, 0.1) is 0 Å². The van der Waals surface area contributed by atoms with E-state index in [0.29, 0.717) is 31.4 Å². The summed E-state index contributed by atoms with van der Waals surface area (Å²) in [6.45, 7) is -0.259. The molecule has 35 heavy (non-hydrogen) atoms. The number of benzene rings is 2. The van der Waals surface area contributed by atoms with E-state index in [2.05, 4.69) is 5.32 Å². The molecule has 1 heterocycles. The highest BCUT2D eigenvalue weighted by atomic mass is 35.5. The largest absolute Gasteiger partial charge is 0.480 e. The first-order valence-electron chi connectivity index (χ1n) is 10.4. The molecular weight excluding hydrogens is 502 g/mol. The lowest BCUT2D eigenvalue weighted by Crippen LogP contribution is -2.52. The van der Waals surface area contributed by atoms with Gasteiger partial charge in [-0.1, -0.05) is 30.3 Å². The summed E-state index contributed by atoms with van der Waals surface area (Å²) in [5, 5.41) is 11.8. The second-order valence-corrected chi connectivity index (χ2v) is 8.13. The number of piperidine rings is 1. The normalized spacial score (nSPS) is 18.6. The van der Waals surface area contributed by atoms with Gasteiger partial charge in [-0.15, -0.1) is 12.4 Å². The molecule has 0 aromatic heterocycles. The molecule has 5 nitrogen and oxygen atoms in total. The fourth-order valence-corrected chi connectivity index (χ4v) is 4.06. The molecule has 1 saturated heterocycles. The first kappa shape index (κ1) is 28.4. The standard InChI is InChI=1S/C23H22F6N2O3.ClH/c24-22(25,26)16-9-15(10-17(11-16)23(27,28)29)21(34)31-7-6-18(30-13-20(32)33)12-19(31)8-14-4-2-1-3-5-14;/h1-5,9-11,18-19,30H,6-8,12-13H2,(H,32,33);1H/t18-,19+;/m0./s1. The van der Waals surface area contributed by atoms with Gasteiger partial charge in [0.05, 0.1) is 17.7 Å². The Morgan fingerprint density at radius 2 is 1.54 bits per heavy atom. The van der Waals surface area contributed by atoms with Crippen LogP contribution in [0.25, 0.3) is 0 Å². The number of alkyl halides is 6. The van der Waals surface area contributed by atoms with Gasteiger partial charge in [-0.05, 0) is 43.0 Å². The molecule has 0 spiro atoms. The summed E-state index contributed by atoms with van der Waals surface area (Å²) >= 11 is 0. The van der Waals surface area contributed by atoms with Gasteiger partial charge in [0.1, 0.15) is 0 Å². The van der Waals surface area contributed by atoms with Gasteiger partial charge in [-0.25, -0.2) is 0 Å². The van der Waals surface area contributed by atoms with Crippen molar-refractivity contribution in [3.8, 4) is 0 Å². The van der Waals surface area contributed by atoms with E-state index in [1.807, 2.05) is 0 Å². The Morgan fingerprint density at radius 1 is 0.971 bits per heavy atom. The monoisotopic (exact) mass is 524 g/mol. The van der Waals surface area contributed by atoms with Gasteiger partial charge < -0.3 is 15.3 Å². The van der Waals surface area contributed by atoms with E-state index in [0.717, 1.165) is 5.56 Å². The van der Waals surface area contributed by atoms with Gasteiger partial charge in [0.25, 0.3) is 5.91 Å². The highest BCUT2D eigenvalue weighted by Gasteiger charge is 2.39. The lowest BCUT2D eigenvalue weighted by molar-refractivity contribution is -0.143. The molecule has 2 N–H and O–H groups in total. The third-order valence-electron chi connectivity index (χ3n) is 5.67. The van der Waals surface area contributed by atoms with Crippen molar-refractivity contribution in [3.05, 3.63) is 70.8 Å². The zero-order chi connectivity index (χ0) is 25.1. The average Bonchev–Trinajstić information content (AvgIpc) is 2.76. The molecule has 1 aliphatic heterocycles. The number of carbonyl (C=O) groups is 2. The Balaban J connectivity index is 0.00000432. The summed E-state index contributed by atoms with van der Waals surface area (Å²) in [7, 11) is 0. The van der Waals surface area contributed by atoms with E-state index >= 15 is 0 Å². The molecule has 2 aromatic rings. The SMILES string of the molecule is Cl.O=C(O)CN[C@H]1CCN(C(=O)c2cc(C(F)(F)F)cc(C(F)(F)F)c2)[C@H](Cc2ccccc2)C1. The van der Waals surface area contributed by atoms with Crippen molar-refractivity contribution in [1.82, 2.24) is 10.2 Å². The summed E-state index contributed by atoms with van der Waals surface area (Å²) < 4.78 is 79.6. The van der Waals surface area contributed by atoms with Gasteiger partial charge in [0.2, 0.25) is 0 Å². The summed E-state index contributed by atoms with van der Waals surface area (Å²) in [6, 6.07) is 8.94. The maximum absolute atomic E-state index is 13.3. The Labute approximate surface area is 203 Å². The van der Waals surface area contributed by atoms with Gasteiger partial charge in [-0.2, -0.15) is 26.3 Å². The highest BCUT2D eigenvalue weighted by Crippen LogP contribution is 2.37. The molecule has 1 aliphatic rings. The topological polar surface area (TPSA) is 69.6 Å². The number of rotatable bonds is 6. The molecule has 2 atom stereocenters. The number of likely N-dealkylation sites (tertiary alicyclic amines) is 1. The number of carboxylic acid groups (broad SMARTS) is 1. The smallest absolute Gasteiger partial charge is 0.416 e. The maximum atomic E-state index is 13.3. The predicted molar refractivity (Wildman–Crippen MR) is 117 cm³/mol. The number of hydrogen-bond acceptors (Lipinski definition) is 3. The van der Waals surface area contributed by atoms with Crippen molar-refractivity contribution in [1.29, 1.82) is 0 Å². The van der Waals surface area contributed by atoms with Gasteiger partial charge >= 0.3 is 18.3 Å². The first-order valence-corrected chi connectivity index (χ1v) is 10.4. The molecule has 0 radical (unpaired) electrons. The number of nitrogens with one attached hydrogen (secondary N) is 1. The van der Waals surface area contributed by atoms with Gasteiger partial charge in [0.15, 0.2) is 0 Å². The molecule has 1 fully saturated rings. The summed E-state index contributed by atoms with van der Waals surface area (Å²) in [6.07, 6.45) is -9.22. The first-order chi connectivity index (χ1) is 15.8. The van der Waals surface area contributed by atoms with E-state index in [1.54, 1.807) is 30.3 Å². The van der Waals surface area contributed by atoms with E-state index in [1.165, 1.54) is 4.90 Å². The van der Waals surface area contributed by atoms with Crippen LogP contribution >= 0.6 is 12.4 Å². The molecule has 0 unspecified atom stereocenters. The number of carboxylic acids is 1. The van der Waals surface area contributed by atoms with Crippen LogP contribution in [0.2, 0.25) is 0 Å². The summed E-state index contributed by atoms with van der Waals surface area (Å²) in [5.41, 5.74) is -2.98. The van der Waals surface area contributed by atoms with Crippen molar-refractivity contribution in [3.63, 3.8) is 0 Å². The Hall–Kier alpha value is -2.79. The molecule has 3 rings (SSSR count). The number of amides is 1. The molecule has 0 bridgehead atoms. The Morgan fingerprint density at radius 3 is 2.06 bits per heavy atom. The Bertz CT molecular complexity index is 998. The summed E-state index contributed by atoms with van der Waals surface area (Å²) in [4.78, 5) is 25.4. The van der Waals surface area contributed by atoms with Gasteiger partial charge in [-0.3, -0.25) is 9.59 Å². The average molecular weight is 525 g/mol. The molecule has 0 saturated carbocycles. The highest BCUT2D eigenvalue weighted by molar-refractivity contribution is 5.95. The lowest BCUT2D eigenvalue weighted by Gasteiger charge is -2.40. The number of carbonyl (C=O) groups excluding carboxylic acids is 1. The van der Waals surface area contributed by atoms with Crippen LogP contribution in [0.15, 0.2) is 48.5 Å². The van der Waals surface area contributed by atoms with Crippen molar-refractivity contribution < 1.29 is 41.0 Å². The minimum Gasteiger partial charge on any atom is -0.480 e. The fraction of sp³-hybridized carbons (Fsp3) is 0.391. The quantitative estimate of drug-likeness (QED) is 0.520. The zero-order valence-corrected chi connectivity index (χ0v) is 19.0. The second kappa shape index (κ2) is 11.3. The molecule has 2 aromatic carbocycles. The van der Waals surface area contributed by atoms with E-state index in [4.69, 9.17) is 5.11 Å². The van der Waals surface area contributed by atoms with Crippen LogP contribution in [0.1, 0.15) is 39.9 Å². The minimum atomic E-state index is -5.06. The van der Waals surface area contributed by atoms with Crippen LogP contribution in [0.5, 0.6) is 0 Å². The second-order valence-electron chi connectivity index (χ2n) is 8.13. The molecule has 12 heteroatoms. The number of nitrogens with zero attached hydrogens (tertiary/aromatic N) is 1. The summed E-state index contributed by atoms with van der Waals surface area (Å²) in [5.74, 6) is -2.00. The van der Waals surface area contributed by atoms with Crippen molar-refractivity contribution >= 4 is 24.3 Å². The van der Waals surface area contributed by atoms with Crippen molar-refractivity contribution in [2.45, 2.75) is 43.7 Å². The number of halogens is 7. The van der Waals surface area contributed by atoms with Crippen LogP contribution in [0.4, 0.5) is 26.3 Å². The van der Waals surface area contributed by atoms with Crippen LogP contribution in [-0.2, 0) is 23.6 Å². The molecule has 1 amide bonds. The predicted octanol–water partition coefficient (Wildman–Crippen LogP) is 5.04. The maximum Gasteiger partial charge on any atom is 0.416 e. The van der Waals surface area contributed by atoms with E-state index in [-0.39, 0.29) is 37.6 Å². The van der Waals surface area contributed by atoms with Crippen molar-refractivity contribution in [2.75, 3.05) is 13.1 Å². The molecular formula is C23H23ClF6N2O3. The van der Waals surface area contributed by atoms with Crippen molar-refractivity contribution in [2.24, 2.45) is 0 Å². The minimum absolute atomic E-state index is 0. The van der Waals surface area contributed by atoms with E-state index < -0.39 is 47.0 Å².